The third-order valence-electron chi connectivity index (χ3n) is 7.99. The lowest BCUT2D eigenvalue weighted by molar-refractivity contribution is -0.150. The van der Waals surface area contributed by atoms with E-state index in [1.165, 1.54) is 103 Å². The summed E-state index contributed by atoms with van der Waals surface area (Å²) < 4.78 is 5.96. The summed E-state index contributed by atoms with van der Waals surface area (Å²) >= 11 is 0. The average molecular weight is 565 g/mol. The molecule has 1 atom stereocenters. The molecule has 0 aliphatic heterocycles. The van der Waals surface area contributed by atoms with Gasteiger partial charge in [0.05, 0.1) is 0 Å². The average Bonchev–Trinajstić information content (AvgIpc) is 2.93. The zero-order valence-electron chi connectivity index (χ0n) is 26.9. The highest BCUT2D eigenvalue weighted by molar-refractivity contribution is 5.69. The molecular formula is C36H68O4. The van der Waals surface area contributed by atoms with Gasteiger partial charge in [0.15, 0.2) is 0 Å². The Morgan fingerprint density at radius 3 is 1.35 bits per heavy atom. The first kappa shape index (κ1) is 38.7. The number of carboxylic acids is 1. The monoisotopic (exact) mass is 565 g/mol. The largest absolute Gasteiger partial charge is 0.481 e. The zero-order chi connectivity index (χ0) is 29.4. The molecule has 0 saturated heterocycles. The van der Waals surface area contributed by atoms with Gasteiger partial charge in [-0.1, -0.05) is 135 Å². The Hall–Kier alpha value is -1.32. The van der Waals surface area contributed by atoms with E-state index in [4.69, 9.17) is 9.84 Å². The van der Waals surface area contributed by atoms with Crippen LogP contribution in [0.5, 0.6) is 0 Å². The highest BCUT2D eigenvalue weighted by Gasteiger charge is 2.14. The van der Waals surface area contributed by atoms with Crippen LogP contribution in [0.2, 0.25) is 0 Å². The topological polar surface area (TPSA) is 63.6 Å². The van der Waals surface area contributed by atoms with E-state index in [0.717, 1.165) is 70.6 Å². The van der Waals surface area contributed by atoms with Gasteiger partial charge >= 0.3 is 11.9 Å². The van der Waals surface area contributed by atoms with Gasteiger partial charge in [-0.15, -0.1) is 0 Å². The predicted octanol–water partition coefficient (Wildman–Crippen LogP) is 11.9. The number of esters is 1. The minimum Gasteiger partial charge on any atom is -0.481 e. The first-order chi connectivity index (χ1) is 19.6. The number of ether oxygens (including phenoxy) is 1. The van der Waals surface area contributed by atoms with E-state index in [1.807, 2.05) is 0 Å². The normalized spacial score (nSPS) is 12.2. The lowest BCUT2D eigenvalue weighted by Gasteiger charge is -2.18. The quantitative estimate of drug-likeness (QED) is 0.0501. The summed E-state index contributed by atoms with van der Waals surface area (Å²) in [5.41, 5.74) is 0. The lowest BCUT2D eigenvalue weighted by atomic mass is 10.0. The third kappa shape index (κ3) is 31.2. The Morgan fingerprint density at radius 1 is 0.525 bits per heavy atom. The molecule has 4 heteroatoms. The van der Waals surface area contributed by atoms with Gasteiger partial charge in [0.1, 0.15) is 6.10 Å². The van der Waals surface area contributed by atoms with Gasteiger partial charge in [-0.05, 0) is 64.2 Å². The SMILES string of the molecule is CCCCCCCC/C=C\CCCCCCCC(=O)O[C@@H](CCCCCCCC)CCCCCCCCC(=O)O. The van der Waals surface area contributed by atoms with Crippen LogP contribution in [-0.4, -0.2) is 23.1 Å². The number of carbonyl (C=O) groups is 2. The highest BCUT2D eigenvalue weighted by Crippen LogP contribution is 2.18. The van der Waals surface area contributed by atoms with Crippen molar-refractivity contribution >= 4 is 11.9 Å². The fourth-order valence-electron chi connectivity index (χ4n) is 5.35. The van der Waals surface area contributed by atoms with Crippen molar-refractivity contribution in [2.45, 2.75) is 206 Å². The molecule has 0 fully saturated rings. The van der Waals surface area contributed by atoms with Crippen LogP contribution in [0.4, 0.5) is 0 Å². The van der Waals surface area contributed by atoms with Gasteiger partial charge in [-0.25, -0.2) is 0 Å². The molecule has 0 bridgehead atoms. The van der Waals surface area contributed by atoms with E-state index >= 15 is 0 Å². The number of rotatable bonds is 32. The number of aliphatic carboxylic acids is 1. The van der Waals surface area contributed by atoms with E-state index in [-0.39, 0.29) is 18.5 Å². The van der Waals surface area contributed by atoms with Crippen LogP contribution in [-0.2, 0) is 14.3 Å². The third-order valence-corrected chi connectivity index (χ3v) is 7.99. The highest BCUT2D eigenvalue weighted by atomic mass is 16.5. The van der Waals surface area contributed by atoms with E-state index in [1.54, 1.807) is 0 Å². The number of unbranched alkanes of at least 4 members (excludes halogenated alkanes) is 21. The summed E-state index contributed by atoms with van der Waals surface area (Å²) in [7, 11) is 0. The van der Waals surface area contributed by atoms with Crippen LogP contribution in [0.1, 0.15) is 200 Å². The van der Waals surface area contributed by atoms with Crippen LogP contribution < -0.4 is 0 Å². The molecule has 1 N–H and O–H groups in total. The van der Waals surface area contributed by atoms with Crippen LogP contribution in [0.3, 0.4) is 0 Å². The molecule has 0 aromatic carbocycles. The number of carbonyl (C=O) groups excluding carboxylic acids is 1. The summed E-state index contributed by atoms with van der Waals surface area (Å²) in [6.45, 7) is 4.52. The molecule has 0 aliphatic carbocycles. The van der Waals surface area contributed by atoms with Crippen molar-refractivity contribution in [3.05, 3.63) is 12.2 Å². The van der Waals surface area contributed by atoms with E-state index in [0.29, 0.717) is 6.42 Å². The second kappa shape index (κ2) is 32.2. The molecule has 0 aliphatic rings. The Kier molecular flexibility index (Phi) is 31.1. The van der Waals surface area contributed by atoms with Gasteiger partial charge in [0.25, 0.3) is 0 Å². The molecule has 0 spiro atoms. The smallest absolute Gasteiger partial charge is 0.306 e. The Labute approximate surface area is 249 Å². The predicted molar refractivity (Wildman–Crippen MR) is 172 cm³/mol. The van der Waals surface area contributed by atoms with Crippen LogP contribution in [0.25, 0.3) is 0 Å². The minimum absolute atomic E-state index is 0.00211. The first-order valence-corrected chi connectivity index (χ1v) is 17.7. The second-order valence-corrected chi connectivity index (χ2v) is 12.1. The molecule has 0 amide bonds. The zero-order valence-corrected chi connectivity index (χ0v) is 26.9. The summed E-state index contributed by atoms with van der Waals surface area (Å²) in [5, 5.41) is 8.74. The van der Waals surface area contributed by atoms with E-state index < -0.39 is 5.97 Å². The molecule has 0 aromatic heterocycles. The van der Waals surface area contributed by atoms with Gasteiger partial charge in [0.2, 0.25) is 0 Å². The first-order valence-electron chi connectivity index (χ1n) is 17.7. The molecule has 0 saturated carbocycles. The van der Waals surface area contributed by atoms with Crippen molar-refractivity contribution in [2.75, 3.05) is 0 Å². The van der Waals surface area contributed by atoms with E-state index in [9.17, 15) is 9.59 Å². The molecule has 0 aromatic rings. The molecule has 0 unspecified atom stereocenters. The summed E-state index contributed by atoms with van der Waals surface area (Å²) in [6, 6.07) is 0. The number of allylic oxidation sites excluding steroid dienone is 2. The van der Waals surface area contributed by atoms with Gasteiger partial charge in [0, 0.05) is 12.8 Å². The maximum Gasteiger partial charge on any atom is 0.306 e. The Bertz CT molecular complexity index is 571. The van der Waals surface area contributed by atoms with Crippen molar-refractivity contribution in [3.63, 3.8) is 0 Å². The van der Waals surface area contributed by atoms with Crippen LogP contribution in [0, 0.1) is 0 Å². The fraction of sp³-hybridized carbons (Fsp3) is 0.889. The summed E-state index contributed by atoms with van der Waals surface area (Å²) in [6.07, 6.45) is 38.0. The maximum absolute atomic E-state index is 12.5. The number of hydrogen-bond acceptors (Lipinski definition) is 3. The molecule has 0 rings (SSSR count). The number of hydrogen-bond donors (Lipinski definition) is 1. The molecule has 236 valence electrons. The standard InChI is InChI=1S/C36H68O4/c1-3-5-7-9-11-12-13-14-15-16-17-18-19-25-29-33-36(39)40-34(30-26-22-10-8-6-4-2)31-27-23-20-21-24-28-32-35(37)38/h14-15,34H,3-13,16-33H2,1-2H3,(H,37,38)/b15-14-/t34-/m0/s1. The maximum atomic E-state index is 12.5. The fourth-order valence-corrected chi connectivity index (χ4v) is 5.35. The van der Waals surface area contributed by atoms with Gasteiger partial charge in [-0.2, -0.15) is 0 Å². The molecule has 0 radical (unpaired) electrons. The lowest BCUT2D eigenvalue weighted by Crippen LogP contribution is -2.18. The summed E-state index contributed by atoms with van der Waals surface area (Å²) in [4.78, 5) is 23.2. The van der Waals surface area contributed by atoms with Crippen molar-refractivity contribution in [1.29, 1.82) is 0 Å². The van der Waals surface area contributed by atoms with Crippen LogP contribution in [0.15, 0.2) is 12.2 Å². The van der Waals surface area contributed by atoms with Gasteiger partial charge < -0.3 is 9.84 Å². The van der Waals surface area contributed by atoms with Gasteiger partial charge in [-0.3, -0.25) is 9.59 Å². The van der Waals surface area contributed by atoms with E-state index in [2.05, 4.69) is 26.0 Å². The number of carboxylic acid groups (broad SMARTS) is 1. The Balaban J connectivity index is 3.93. The van der Waals surface area contributed by atoms with Crippen molar-refractivity contribution in [2.24, 2.45) is 0 Å². The van der Waals surface area contributed by atoms with Crippen molar-refractivity contribution in [3.8, 4) is 0 Å². The molecule has 4 nitrogen and oxygen atoms in total. The van der Waals surface area contributed by atoms with Crippen molar-refractivity contribution in [1.82, 2.24) is 0 Å². The van der Waals surface area contributed by atoms with Crippen molar-refractivity contribution < 1.29 is 19.4 Å². The molecule has 40 heavy (non-hydrogen) atoms. The minimum atomic E-state index is -0.693. The second-order valence-electron chi connectivity index (χ2n) is 12.1. The molecular weight excluding hydrogens is 496 g/mol. The summed E-state index contributed by atoms with van der Waals surface area (Å²) in [5.74, 6) is -0.691. The Morgan fingerprint density at radius 2 is 0.900 bits per heavy atom. The molecule has 0 heterocycles. The van der Waals surface area contributed by atoms with Crippen LogP contribution >= 0.6 is 0 Å².